The van der Waals surface area contributed by atoms with Crippen LogP contribution in [0.15, 0.2) is 36.7 Å². The SMILES string of the molecule is Cc1cccc(-c2ncc(CN3CCN(C4CCSCC4)CC3)cn2)c1. The van der Waals surface area contributed by atoms with Crippen molar-refractivity contribution in [3.8, 4) is 11.4 Å². The highest BCUT2D eigenvalue weighted by atomic mass is 32.2. The van der Waals surface area contributed by atoms with Gasteiger partial charge >= 0.3 is 0 Å². The Balaban J connectivity index is 1.31. The first-order valence-corrected chi connectivity index (χ1v) is 10.9. The molecule has 4 nitrogen and oxygen atoms in total. The van der Waals surface area contributed by atoms with Gasteiger partial charge in [0.05, 0.1) is 0 Å². The van der Waals surface area contributed by atoms with Crippen LogP contribution in [-0.4, -0.2) is 63.5 Å². The second kappa shape index (κ2) is 8.51. The topological polar surface area (TPSA) is 32.3 Å². The van der Waals surface area contributed by atoms with E-state index >= 15 is 0 Å². The number of aryl methyl sites for hydroxylation is 1. The van der Waals surface area contributed by atoms with Gasteiger partial charge in [-0.3, -0.25) is 9.80 Å². The van der Waals surface area contributed by atoms with Gasteiger partial charge in [-0.1, -0.05) is 23.8 Å². The van der Waals surface area contributed by atoms with Crippen LogP contribution in [0.2, 0.25) is 0 Å². The number of thioether (sulfide) groups is 1. The van der Waals surface area contributed by atoms with Crippen LogP contribution in [0.5, 0.6) is 0 Å². The molecule has 0 amide bonds. The predicted octanol–water partition coefficient (Wildman–Crippen LogP) is 3.47. The van der Waals surface area contributed by atoms with Crippen molar-refractivity contribution in [2.75, 3.05) is 37.7 Å². The van der Waals surface area contributed by atoms with Gasteiger partial charge in [-0.05, 0) is 37.3 Å². The zero-order valence-corrected chi connectivity index (χ0v) is 16.4. The summed E-state index contributed by atoms with van der Waals surface area (Å²) in [6.45, 7) is 7.79. The quantitative estimate of drug-likeness (QED) is 0.825. The lowest BCUT2D eigenvalue weighted by molar-refractivity contribution is 0.0878. The van der Waals surface area contributed by atoms with Crippen LogP contribution < -0.4 is 0 Å². The van der Waals surface area contributed by atoms with Crippen LogP contribution in [-0.2, 0) is 6.54 Å². The molecular formula is C21H28N4S. The Morgan fingerprint density at radius 3 is 2.46 bits per heavy atom. The Bertz CT molecular complexity index is 704. The second-order valence-corrected chi connectivity index (χ2v) is 8.66. The standard InChI is InChI=1S/C21H28N4S/c1-17-3-2-4-19(13-17)21-22-14-18(15-23-21)16-24-7-9-25(10-8-24)20-5-11-26-12-6-20/h2-4,13-15,20H,5-12,16H2,1H3. The molecule has 0 N–H and O–H groups in total. The molecule has 26 heavy (non-hydrogen) atoms. The molecule has 138 valence electrons. The third kappa shape index (κ3) is 4.45. The molecule has 0 bridgehead atoms. The van der Waals surface area contributed by atoms with E-state index in [0.717, 1.165) is 37.1 Å². The maximum absolute atomic E-state index is 4.59. The normalized spacial score (nSPS) is 20.3. The summed E-state index contributed by atoms with van der Waals surface area (Å²) < 4.78 is 0. The molecule has 5 heteroatoms. The van der Waals surface area contributed by atoms with Gasteiger partial charge in [0.25, 0.3) is 0 Å². The van der Waals surface area contributed by atoms with Gasteiger partial charge in [0.2, 0.25) is 0 Å². The van der Waals surface area contributed by atoms with Crippen molar-refractivity contribution >= 4 is 11.8 Å². The summed E-state index contributed by atoms with van der Waals surface area (Å²) >= 11 is 2.11. The van der Waals surface area contributed by atoms with E-state index in [9.17, 15) is 0 Å². The number of benzene rings is 1. The highest BCUT2D eigenvalue weighted by molar-refractivity contribution is 7.99. The highest BCUT2D eigenvalue weighted by Crippen LogP contribution is 2.23. The van der Waals surface area contributed by atoms with Crippen molar-refractivity contribution in [3.63, 3.8) is 0 Å². The first kappa shape index (κ1) is 18.0. The monoisotopic (exact) mass is 368 g/mol. The molecule has 0 saturated carbocycles. The van der Waals surface area contributed by atoms with Crippen molar-refractivity contribution in [1.29, 1.82) is 0 Å². The molecule has 0 unspecified atom stereocenters. The second-order valence-electron chi connectivity index (χ2n) is 7.44. The number of hydrogen-bond acceptors (Lipinski definition) is 5. The zero-order valence-electron chi connectivity index (χ0n) is 15.6. The lowest BCUT2D eigenvalue weighted by Crippen LogP contribution is -2.50. The minimum absolute atomic E-state index is 0.817. The Morgan fingerprint density at radius 2 is 1.77 bits per heavy atom. The van der Waals surface area contributed by atoms with E-state index in [1.165, 1.54) is 48.6 Å². The van der Waals surface area contributed by atoms with Crippen LogP contribution in [0.3, 0.4) is 0 Å². The van der Waals surface area contributed by atoms with Crippen LogP contribution in [0, 0.1) is 6.92 Å². The fourth-order valence-electron chi connectivity index (χ4n) is 3.96. The molecule has 4 rings (SSSR count). The summed E-state index contributed by atoms with van der Waals surface area (Å²) in [6, 6.07) is 9.20. The summed E-state index contributed by atoms with van der Waals surface area (Å²) in [6.07, 6.45) is 6.74. The van der Waals surface area contributed by atoms with Gasteiger partial charge in [-0.15, -0.1) is 0 Å². The Hall–Kier alpha value is -1.43. The van der Waals surface area contributed by atoms with E-state index in [-0.39, 0.29) is 0 Å². The number of rotatable bonds is 4. The Morgan fingerprint density at radius 1 is 1.04 bits per heavy atom. The lowest BCUT2D eigenvalue weighted by atomic mass is 10.1. The average molecular weight is 369 g/mol. The third-order valence-corrected chi connectivity index (χ3v) is 6.55. The predicted molar refractivity (Wildman–Crippen MR) is 109 cm³/mol. The van der Waals surface area contributed by atoms with E-state index in [1.807, 2.05) is 12.4 Å². The van der Waals surface area contributed by atoms with Crippen molar-refractivity contribution in [1.82, 2.24) is 19.8 Å². The minimum atomic E-state index is 0.817. The maximum Gasteiger partial charge on any atom is 0.159 e. The van der Waals surface area contributed by atoms with Gasteiger partial charge in [0.15, 0.2) is 5.82 Å². The third-order valence-electron chi connectivity index (χ3n) is 5.50. The molecule has 2 aliphatic rings. The zero-order chi connectivity index (χ0) is 17.8. The molecule has 1 aromatic carbocycles. The molecule has 0 spiro atoms. The summed E-state index contributed by atoms with van der Waals surface area (Å²) in [4.78, 5) is 14.4. The molecule has 2 saturated heterocycles. The first-order valence-electron chi connectivity index (χ1n) is 9.70. The van der Waals surface area contributed by atoms with Crippen molar-refractivity contribution in [2.24, 2.45) is 0 Å². The molecule has 0 atom stereocenters. The lowest BCUT2D eigenvalue weighted by Gasteiger charge is -2.40. The molecule has 1 aromatic heterocycles. The van der Waals surface area contributed by atoms with Gasteiger partial charge < -0.3 is 0 Å². The fourth-order valence-corrected chi connectivity index (χ4v) is 5.05. The maximum atomic E-state index is 4.59. The number of hydrogen-bond donors (Lipinski definition) is 0. The molecule has 0 radical (unpaired) electrons. The first-order chi connectivity index (χ1) is 12.8. The van der Waals surface area contributed by atoms with E-state index in [0.29, 0.717) is 0 Å². The molecule has 2 aromatic rings. The van der Waals surface area contributed by atoms with Gasteiger partial charge in [0.1, 0.15) is 0 Å². The van der Waals surface area contributed by atoms with Crippen LogP contribution in [0.1, 0.15) is 24.0 Å². The van der Waals surface area contributed by atoms with Crippen molar-refractivity contribution in [2.45, 2.75) is 32.4 Å². The van der Waals surface area contributed by atoms with Gasteiger partial charge in [-0.25, -0.2) is 9.97 Å². The number of aromatic nitrogens is 2. The van der Waals surface area contributed by atoms with Gasteiger partial charge in [-0.2, -0.15) is 11.8 Å². The molecule has 2 aliphatic heterocycles. The fraction of sp³-hybridized carbons (Fsp3) is 0.524. The summed E-state index contributed by atoms with van der Waals surface area (Å²) in [5, 5.41) is 0. The smallest absolute Gasteiger partial charge is 0.159 e. The summed E-state index contributed by atoms with van der Waals surface area (Å²) in [5.74, 6) is 3.50. The summed E-state index contributed by atoms with van der Waals surface area (Å²) in [5.41, 5.74) is 3.55. The average Bonchev–Trinajstić information content (AvgIpc) is 2.70. The van der Waals surface area contributed by atoms with Crippen LogP contribution >= 0.6 is 11.8 Å². The summed E-state index contributed by atoms with van der Waals surface area (Å²) in [7, 11) is 0. The molecule has 0 aliphatic carbocycles. The van der Waals surface area contributed by atoms with E-state index in [1.54, 1.807) is 0 Å². The highest BCUT2D eigenvalue weighted by Gasteiger charge is 2.25. The van der Waals surface area contributed by atoms with E-state index < -0.39 is 0 Å². The molecule has 2 fully saturated rings. The van der Waals surface area contributed by atoms with Crippen LogP contribution in [0.25, 0.3) is 11.4 Å². The largest absolute Gasteiger partial charge is 0.298 e. The Kier molecular flexibility index (Phi) is 5.88. The van der Waals surface area contributed by atoms with Crippen LogP contribution in [0.4, 0.5) is 0 Å². The number of nitrogens with zero attached hydrogens (tertiary/aromatic N) is 4. The van der Waals surface area contributed by atoms with E-state index in [4.69, 9.17) is 0 Å². The number of piperazine rings is 1. The molecular weight excluding hydrogens is 340 g/mol. The van der Waals surface area contributed by atoms with Gasteiger partial charge in [0, 0.05) is 62.3 Å². The van der Waals surface area contributed by atoms with E-state index in [2.05, 4.69) is 62.7 Å². The molecule has 3 heterocycles. The van der Waals surface area contributed by atoms with Crippen molar-refractivity contribution < 1.29 is 0 Å². The Labute approximate surface area is 161 Å². The minimum Gasteiger partial charge on any atom is -0.298 e. The van der Waals surface area contributed by atoms with Crippen molar-refractivity contribution in [3.05, 3.63) is 47.8 Å².